The van der Waals surface area contributed by atoms with Crippen LogP contribution in [0, 0.1) is 0 Å². The average molecular weight is 276 g/mol. The Morgan fingerprint density at radius 3 is 2.68 bits per heavy atom. The van der Waals surface area contributed by atoms with E-state index >= 15 is 0 Å². The summed E-state index contributed by atoms with van der Waals surface area (Å²) in [6, 6.07) is 7.17. The number of benzene rings is 1. The molecule has 0 saturated heterocycles. The van der Waals surface area contributed by atoms with E-state index in [2.05, 4.69) is 4.98 Å². The molecule has 0 fully saturated rings. The zero-order valence-electron chi connectivity index (χ0n) is 10.7. The van der Waals surface area contributed by atoms with Crippen LogP contribution in [0.2, 0.25) is 0 Å². The molecule has 1 aromatic carbocycles. The first-order chi connectivity index (χ1) is 9.04. The van der Waals surface area contributed by atoms with Crippen molar-refractivity contribution in [1.82, 2.24) is 9.55 Å². The predicted octanol–water partition coefficient (Wildman–Crippen LogP) is 1.30. The zero-order chi connectivity index (χ0) is 14.0. The maximum atomic E-state index is 11.6. The molecule has 1 atom stereocenters. The summed E-state index contributed by atoms with van der Waals surface area (Å²) < 4.78 is 1.84. The van der Waals surface area contributed by atoms with E-state index < -0.39 is 6.04 Å². The van der Waals surface area contributed by atoms with Crippen LogP contribution in [0.3, 0.4) is 0 Å². The number of thiocarbonyl (C=S) groups is 1. The van der Waals surface area contributed by atoms with Crippen molar-refractivity contribution in [2.75, 3.05) is 0 Å². The van der Waals surface area contributed by atoms with Crippen molar-refractivity contribution in [3.05, 3.63) is 30.1 Å². The van der Waals surface area contributed by atoms with Gasteiger partial charge in [-0.05, 0) is 18.6 Å². The number of aromatic nitrogens is 2. The Bertz CT molecular complexity index is 635. The first kappa shape index (κ1) is 13.5. The van der Waals surface area contributed by atoms with Crippen LogP contribution in [0.5, 0.6) is 0 Å². The summed E-state index contributed by atoms with van der Waals surface area (Å²) in [6.07, 6.45) is 0.952. The molecular weight excluding hydrogens is 260 g/mol. The van der Waals surface area contributed by atoms with Crippen molar-refractivity contribution in [3.63, 3.8) is 0 Å². The zero-order valence-corrected chi connectivity index (χ0v) is 11.5. The van der Waals surface area contributed by atoms with Crippen LogP contribution in [0.15, 0.2) is 24.3 Å². The highest BCUT2D eigenvalue weighted by atomic mass is 32.1. The van der Waals surface area contributed by atoms with Gasteiger partial charge in [0.05, 0.1) is 22.4 Å². The molecule has 0 aliphatic heterocycles. The lowest BCUT2D eigenvalue weighted by Gasteiger charge is -2.17. The molecule has 6 heteroatoms. The summed E-state index contributed by atoms with van der Waals surface area (Å²) in [5.74, 6) is 0.300. The van der Waals surface area contributed by atoms with Crippen LogP contribution in [0.25, 0.3) is 11.0 Å². The highest BCUT2D eigenvalue weighted by molar-refractivity contribution is 7.80. The standard InChI is InChI=1S/C13H16N4OS/c1-2-9(13(15)18)17-10-6-4-3-5-8(10)16-12(17)7-11(14)19/h3-6,9H,2,7H2,1H3,(H2,14,19)(H2,15,18). The van der Waals surface area contributed by atoms with E-state index in [-0.39, 0.29) is 5.91 Å². The molecule has 1 aromatic heterocycles. The van der Waals surface area contributed by atoms with Gasteiger partial charge in [-0.3, -0.25) is 4.79 Å². The van der Waals surface area contributed by atoms with Gasteiger partial charge in [0.2, 0.25) is 5.91 Å². The summed E-state index contributed by atoms with van der Waals surface area (Å²) in [7, 11) is 0. The van der Waals surface area contributed by atoms with Gasteiger partial charge >= 0.3 is 0 Å². The Labute approximate surface area is 116 Å². The lowest BCUT2D eigenvalue weighted by atomic mass is 10.2. The number of rotatable bonds is 5. The van der Waals surface area contributed by atoms with Crippen LogP contribution in [-0.2, 0) is 11.2 Å². The van der Waals surface area contributed by atoms with Gasteiger partial charge in [-0.1, -0.05) is 31.3 Å². The number of primary amides is 1. The molecule has 0 spiro atoms. The molecule has 0 saturated carbocycles. The van der Waals surface area contributed by atoms with Crippen molar-refractivity contribution in [3.8, 4) is 0 Å². The number of nitrogens with zero attached hydrogens (tertiary/aromatic N) is 2. The van der Waals surface area contributed by atoms with Crippen molar-refractivity contribution >= 4 is 34.1 Å². The van der Waals surface area contributed by atoms with E-state index in [1.165, 1.54) is 0 Å². The molecule has 1 amide bonds. The summed E-state index contributed by atoms with van der Waals surface area (Å²) >= 11 is 4.94. The third kappa shape index (κ3) is 2.58. The monoisotopic (exact) mass is 276 g/mol. The quantitative estimate of drug-likeness (QED) is 0.806. The fourth-order valence-electron chi connectivity index (χ4n) is 2.23. The molecule has 0 radical (unpaired) electrons. The second kappa shape index (κ2) is 5.36. The average Bonchev–Trinajstić information content (AvgIpc) is 2.68. The molecule has 1 unspecified atom stereocenters. The minimum Gasteiger partial charge on any atom is -0.393 e. The molecule has 0 aliphatic rings. The fraction of sp³-hybridized carbons (Fsp3) is 0.308. The molecule has 2 aromatic rings. The Morgan fingerprint density at radius 1 is 1.42 bits per heavy atom. The molecule has 0 bridgehead atoms. The van der Waals surface area contributed by atoms with E-state index in [1.807, 2.05) is 35.8 Å². The SMILES string of the molecule is CCC(C(N)=O)n1c(CC(N)=S)nc2ccccc21. The van der Waals surface area contributed by atoms with Gasteiger partial charge in [0.1, 0.15) is 11.9 Å². The lowest BCUT2D eigenvalue weighted by Crippen LogP contribution is -2.28. The number of hydrogen-bond acceptors (Lipinski definition) is 3. The van der Waals surface area contributed by atoms with Crippen molar-refractivity contribution in [2.45, 2.75) is 25.8 Å². The number of amides is 1. The van der Waals surface area contributed by atoms with Gasteiger partial charge in [-0.2, -0.15) is 0 Å². The number of fused-ring (bicyclic) bond motifs is 1. The minimum atomic E-state index is -0.434. The largest absolute Gasteiger partial charge is 0.393 e. The smallest absolute Gasteiger partial charge is 0.240 e. The van der Waals surface area contributed by atoms with E-state index in [4.69, 9.17) is 23.7 Å². The van der Waals surface area contributed by atoms with Gasteiger partial charge in [-0.15, -0.1) is 0 Å². The van der Waals surface area contributed by atoms with Crippen LogP contribution in [-0.4, -0.2) is 20.4 Å². The van der Waals surface area contributed by atoms with Crippen molar-refractivity contribution in [2.24, 2.45) is 11.5 Å². The maximum Gasteiger partial charge on any atom is 0.240 e. The van der Waals surface area contributed by atoms with E-state index in [9.17, 15) is 4.79 Å². The van der Waals surface area contributed by atoms with Gasteiger partial charge < -0.3 is 16.0 Å². The maximum absolute atomic E-state index is 11.6. The first-order valence-corrected chi connectivity index (χ1v) is 6.48. The number of para-hydroxylation sites is 2. The molecule has 2 rings (SSSR count). The molecule has 19 heavy (non-hydrogen) atoms. The van der Waals surface area contributed by atoms with Crippen LogP contribution in [0.4, 0.5) is 0 Å². The van der Waals surface area contributed by atoms with E-state index in [1.54, 1.807) is 0 Å². The van der Waals surface area contributed by atoms with Gasteiger partial charge in [0.25, 0.3) is 0 Å². The number of carbonyl (C=O) groups excluding carboxylic acids is 1. The third-order valence-corrected chi connectivity index (χ3v) is 3.17. The lowest BCUT2D eigenvalue weighted by molar-refractivity contribution is -0.121. The second-order valence-electron chi connectivity index (χ2n) is 4.36. The molecular formula is C13H16N4OS. The topological polar surface area (TPSA) is 86.9 Å². The number of imidazole rings is 1. The number of hydrogen-bond donors (Lipinski definition) is 2. The molecule has 0 aliphatic carbocycles. The summed E-state index contributed by atoms with van der Waals surface area (Å²) in [5.41, 5.74) is 12.8. The Balaban J connectivity index is 2.66. The highest BCUT2D eigenvalue weighted by Gasteiger charge is 2.22. The summed E-state index contributed by atoms with van der Waals surface area (Å²) in [5, 5.41) is 0. The molecule has 100 valence electrons. The van der Waals surface area contributed by atoms with E-state index in [0.29, 0.717) is 23.7 Å². The molecule has 1 heterocycles. The highest BCUT2D eigenvalue weighted by Crippen LogP contribution is 2.23. The minimum absolute atomic E-state index is 0.343. The first-order valence-electron chi connectivity index (χ1n) is 6.08. The Kier molecular flexibility index (Phi) is 3.80. The predicted molar refractivity (Wildman–Crippen MR) is 78.7 cm³/mol. The summed E-state index contributed by atoms with van der Waals surface area (Å²) in [4.78, 5) is 16.5. The van der Waals surface area contributed by atoms with Crippen molar-refractivity contribution < 1.29 is 4.79 Å². The van der Waals surface area contributed by atoms with Gasteiger partial charge in [0.15, 0.2) is 0 Å². The molecule has 5 nitrogen and oxygen atoms in total. The normalized spacial score (nSPS) is 12.5. The van der Waals surface area contributed by atoms with E-state index in [0.717, 1.165) is 11.0 Å². The Hall–Kier alpha value is -1.95. The van der Waals surface area contributed by atoms with Gasteiger partial charge in [-0.25, -0.2) is 4.98 Å². The van der Waals surface area contributed by atoms with Crippen LogP contribution in [0.1, 0.15) is 25.2 Å². The second-order valence-corrected chi connectivity index (χ2v) is 4.88. The fourth-order valence-corrected chi connectivity index (χ4v) is 2.36. The third-order valence-electron chi connectivity index (χ3n) is 3.03. The van der Waals surface area contributed by atoms with Gasteiger partial charge in [0, 0.05) is 0 Å². The summed E-state index contributed by atoms with van der Waals surface area (Å²) in [6.45, 7) is 1.91. The Morgan fingerprint density at radius 2 is 2.11 bits per heavy atom. The number of nitrogens with two attached hydrogens (primary N) is 2. The van der Waals surface area contributed by atoms with Crippen LogP contribution >= 0.6 is 12.2 Å². The number of carbonyl (C=O) groups is 1. The van der Waals surface area contributed by atoms with Crippen LogP contribution < -0.4 is 11.5 Å². The molecule has 4 N–H and O–H groups in total. The van der Waals surface area contributed by atoms with Crippen molar-refractivity contribution in [1.29, 1.82) is 0 Å².